The number of anilines is 2. The average Bonchev–Trinajstić information content (AvgIpc) is 2.39. The highest BCUT2D eigenvalue weighted by atomic mass is 16.6. The molecule has 6 heteroatoms. The Hall–Kier alpha value is -1.82. The summed E-state index contributed by atoms with van der Waals surface area (Å²) in [6, 6.07) is 5.00. The molecule has 6 nitrogen and oxygen atoms in total. The summed E-state index contributed by atoms with van der Waals surface area (Å²) in [4.78, 5) is 12.5. The van der Waals surface area contributed by atoms with Crippen molar-refractivity contribution in [1.29, 1.82) is 0 Å². The third kappa shape index (κ3) is 3.14. The van der Waals surface area contributed by atoms with Gasteiger partial charge in [-0.15, -0.1) is 0 Å². The summed E-state index contributed by atoms with van der Waals surface area (Å²) in [5, 5.41) is 11.1. The molecule has 1 fully saturated rings. The number of hydrogen-bond donors (Lipinski definition) is 1. The van der Waals surface area contributed by atoms with E-state index in [1.807, 2.05) is 11.9 Å². The van der Waals surface area contributed by atoms with E-state index in [0.717, 1.165) is 25.9 Å². The number of para-hydroxylation sites is 1. The number of benzene rings is 1. The van der Waals surface area contributed by atoms with Gasteiger partial charge in [-0.05, 0) is 31.4 Å². The maximum absolute atomic E-state index is 11.1. The van der Waals surface area contributed by atoms with Gasteiger partial charge in [-0.25, -0.2) is 0 Å². The van der Waals surface area contributed by atoms with Crippen LogP contribution in [0.5, 0.6) is 0 Å². The van der Waals surface area contributed by atoms with Crippen LogP contribution < -0.4 is 10.6 Å². The summed E-state index contributed by atoms with van der Waals surface area (Å²) in [7, 11) is 1.83. The fourth-order valence-electron chi connectivity index (χ4n) is 2.41. The Kier molecular flexibility index (Phi) is 4.21. The second-order valence-electron chi connectivity index (χ2n) is 4.84. The number of hydrogen-bond acceptors (Lipinski definition) is 5. The monoisotopic (exact) mass is 265 g/mol. The van der Waals surface area contributed by atoms with E-state index in [-0.39, 0.29) is 17.5 Å². The molecular weight excluding hydrogens is 246 g/mol. The van der Waals surface area contributed by atoms with E-state index in [9.17, 15) is 10.1 Å². The van der Waals surface area contributed by atoms with Crippen LogP contribution in [0.2, 0.25) is 0 Å². The van der Waals surface area contributed by atoms with Crippen LogP contribution in [-0.4, -0.2) is 31.2 Å². The maximum atomic E-state index is 11.1. The molecule has 2 N–H and O–H groups in total. The van der Waals surface area contributed by atoms with E-state index < -0.39 is 4.92 Å². The molecule has 0 amide bonds. The third-order valence-corrected chi connectivity index (χ3v) is 3.39. The lowest BCUT2D eigenvalue weighted by Crippen LogP contribution is -2.33. The highest BCUT2D eigenvalue weighted by Gasteiger charge is 2.23. The van der Waals surface area contributed by atoms with E-state index in [4.69, 9.17) is 10.5 Å². The Morgan fingerprint density at radius 1 is 1.53 bits per heavy atom. The molecular formula is C13H19N3O3. The molecule has 1 aliphatic heterocycles. The Labute approximate surface area is 112 Å². The number of nitro groups is 1. The number of rotatable bonds is 4. The Morgan fingerprint density at radius 3 is 2.95 bits per heavy atom. The smallest absolute Gasteiger partial charge is 0.315 e. The Morgan fingerprint density at radius 2 is 2.32 bits per heavy atom. The molecule has 1 unspecified atom stereocenters. The highest BCUT2D eigenvalue weighted by Crippen LogP contribution is 2.33. The van der Waals surface area contributed by atoms with Crippen molar-refractivity contribution >= 4 is 17.1 Å². The summed E-state index contributed by atoms with van der Waals surface area (Å²) in [5.41, 5.74) is 6.40. The lowest BCUT2D eigenvalue weighted by Gasteiger charge is -2.28. The van der Waals surface area contributed by atoms with Gasteiger partial charge >= 0.3 is 5.69 Å². The van der Waals surface area contributed by atoms with Crippen LogP contribution in [0.25, 0.3) is 0 Å². The van der Waals surface area contributed by atoms with Crippen LogP contribution in [0.4, 0.5) is 17.1 Å². The zero-order chi connectivity index (χ0) is 13.8. The van der Waals surface area contributed by atoms with Crippen LogP contribution in [0.3, 0.4) is 0 Å². The van der Waals surface area contributed by atoms with Crippen molar-refractivity contribution in [3.63, 3.8) is 0 Å². The van der Waals surface area contributed by atoms with Crippen LogP contribution in [0.1, 0.15) is 19.3 Å². The van der Waals surface area contributed by atoms with E-state index in [2.05, 4.69) is 0 Å². The topological polar surface area (TPSA) is 81.6 Å². The maximum Gasteiger partial charge on any atom is 0.315 e. The standard InChI is InChI=1S/C13H19N3O3/c1-15(9-10-5-2-3-8-19-10)12-7-4-6-11(14)13(12)16(17)18/h4,6-7,10H,2-3,5,8-9,14H2,1H3. The molecule has 1 aliphatic rings. The van der Waals surface area contributed by atoms with Gasteiger partial charge in [0.15, 0.2) is 0 Å². The van der Waals surface area contributed by atoms with E-state index in [1.54, 1.807) is 18.2 Å². The zero-order valence-electron chi connectivity index (χ0n) is 11.0. The minimum absolute atomic E-state index is 0.0270. The lowest BCUT2D eigenvalue weighted by atomic mass is 10.1. The third-order valence-electron chi connectivity index (χ3n) is 3.39. The summed E-state index contributed by atoms with van der Waals surface area (Å²) >= 11 is 0. The van der Waals surface area contributed by atoms with Gasteiger partial charge in [0.1, 0.15) is 11.4 Å². The van der Waals surface area contributed by atoms with E-state index in [1.165, 1.54) is 0 Å². The first kappa shape index (κ1) is 13.6. The molecule has 0 bridgehead atoms. The SMILES string of the molecule is CN(CC1CCCCO1)c1cccc(N)c1[N+](=O)[O-]. The zero-order valence-corrected chi connectivity index (χ0v) is 11.0. The van der Waals surface area contributed by atoms with Crippen molar-refractivity contribution in [2.45, 2.75) is 25.4 Å². The van der Waals surface area contributed by atoms with Crippen LogP contribution >= 0.6 is 0 Å². The number of nitrogen functional groups attached to an aromatic ring is 1. The number of nitro benzene ring substituents is 1. The molecule has 104 valence electrons. The van der Waals surface area contributed by atoms with Gasteiger partial charge in [-0.2, -0.15) is 0 Å². The minimum atomic E-state index is -0.428. The minimum Gasteiger partial charge on any atom is -0.393 e. The van der Waals surface area contributed by atoms with Crippen molar-refractivity contribution in [1.82, 2.24) is 0 Å². The molecule has 1 aromatic rings. The van der Waals surface area contributed by atoms with Crippen LogP contribution in [0.15, 0.2) is 18.2 Å². The van der Waals surface area contributed by atoms with Crippen molar-refractivity contribution in [2.24, 2.45) is 0 Å². The fraction of sp³-hybridized carbons (Fsp3) is 0.538. The first-order valence-electron chi connectivity index (χ1n) is 6.45. The molecule has 0 aromatic heterocycles. The molecule has 0 spiro atoms. The Balaban J connectivity index is 2.16. The fourth-order valence-corrected chi connectivity index (χ4v) is 2.41. The van der Waals surface area contributed by atoms with Gasteiger partial charge in [0.2, 0.25) is 0 Å². The van der Waals surface area contributed by atoms with Crippen molar-refractivity contribution in [2.75, 3.05) is 30.8 Å². The van der Waals surface area contributed by atoms with Gasteiger partial charge in [0.05, 0.1) is 11.0 Å². The predicted molar refractivity (Wildman–Crippen MR) is 74.4 cm³/mol. The predicted octanol–water partition coefficient (Wildman–Crippen LogP) is 2.18. The molecule has 2 rings (SSSR count). The van der Waals surface area contributed by atoms with Crippen molar-refractivity contribution < 1.29 is 9.66 Å². The molecule has 1 aromatic carbocycles. The number of ether oxygens (including phenoxy) is 1. The quantitative estimate of drug-likeness (QED) is 0.512. The van der Waals surface area contributed by atoms with E-state index >= 15 is 0 Å². The number of nitrogens with two attached hydrogens (primary N) is 1. The highest BCUT2D eigenvalue weighted by molar-refractivity contribution is 5.75. The molecule has 0 radical (unpaired) electrons. The molecule has 0 saturated carbocycles. The van der Waals surface area contributed by atoms with E-state index in [0.29, 0.717) is 12.2 Å². The largest absolute Gasteiger partial charge is 0.393 e. The average molecular weight is 265 g/mol. The van der Waals surface area contributed by atoms with Gasteiger partial charge in [-0.3, -0.25) is 10.1 Å². The summed E-state index contributed by atoms with van der Waals surface area (Å²) in [5.74, 6) is 0. The second kappa shape index (κ2) is 5.88. The Bertz CT molecular complexity index is 458. The molecule has 1 heterocycles. The number of likely N-dealkylation sites (N-methyl/N-ethyl adjacent to an activating group) is 1. The molecule has 1 atom stereocenters. The molecule has 1 saturated heterocycles. The summed E-state index contributed by atoms with van der Waals surface area (Å²) in [6.45, 7) is 1.42. The molecule has 19 heavy (non-hydrogen) atoms. The summed E-state index contributed by atoms with van der Waals surface area (Å²) in [6.07, 6.45) is 3.39. The van der Waals surface area contributed by atoms with Gasteiger partial charge in [0, 0.05) is 20.2 Å². The van der Waals surface area contributed by atoms with Gasteiger partial charge in [0.25, 0.3) is 0 Å². The summed E-state index contributed by atoms with van der Waals surface area (Å²) < 4.78 is 5.66. The lowest BCUT2D eigenvalue weighted by molar-refractivity contribution is -0.383. The normalized spacial score (nSPS) is 19.1. The van der Waals surface area contributed by atoms with Gasteiger partial charge < -0.3 is 15.4 Å². The second-order valence-corrected chi connectivity index (χ2v) is 4.84. The first-order valence-corrected chi connectivity index (χ1v) is 6.45. The van der Waals surface area contributed by atoms with Gasteiger partial charge in [-0.1, -0.05) is 6.07 Å². The first-order chi connectivity index (χ1) is 9.09. The van der Waals surface area contributed by atoms with Crippen LogP contribution in [-0.2, 0) is 4.74 Å². The van der Waals surface area contributed by atoms with Crippen LogP contribution in [0, 0.1) is 10.1 Å². The van der Waals surface area contributed by atoms with Crippen molar-refractivity contribution in [3.05, 3.63) is 28.3 Å². The van der Waals surface area contributed by atoms with Crippen molar-refractivity contribution in [3.8, 4) is 0 Å². The molecule has 0 aliphatic carbocycles. The number of nitrogens with zero attached hydrogens (tertiary/aromatic N) is 2.